The van der Waals surface area contributed by atoms with Crippen LogP contribution in [0.1, 0.15) is 59.8 Å². The molecule has 0 saturated heterocycles. The molecule has 3 N–H and O–H groups in total. The van der Waals surface area contributed by atoms with E-state index in [4.69, 9.17) is 0 Å². The Labute approximate surface area is 173 Å². The van der Waals surface area contributed by atoms with Crippen molar-refractivity contribution in [2.24, 2.45) is 5.92 Å². The Hall–Kier alpha value is -2.02. The third-order valence-electron chi connectivity index (χ3n) is 5.61. The molecule has 0 aliphatic heterocycles. The van der Waals surface area contributed by atoms with E-state index in [0.717, 1.165) is 30.4 Å². The average molecular weight is 417 g/mol. The number of rotatable bonds is 7. The van der Waals surface area contributed by atoms with Gasteiger partial charge in [0.25, 0.3) is 5.91 Å². The van der Waals surface area contributed by atoms with Crippen LogP contribution in [0.15, 0.2) is 47.4 Å². The van der Waals surface area contributed by atoms with Crippen molar-refractivity contribution >= 4 is 15.4 Å². The first-order chi connectivity index (χ1) is 13.5. The molecule has 158 valence electrons. The molecule has 6 heteroatoms. The molecule has 1 unspecified atom stereocenters. The summed E-state index contributed by atoms with van der Waals surface area (Å²) in [6, 6.07) is 13.1. The molecule has 1 aliphatic rings. The standard InChI is InChI=1S/C23H32N2O3S/c1-16(2)13-14-24-29(4,27,28)19-11-9-17(3)21(15-19)23(26)25-22-12-10-18-7-5-6-8-20(18)22/h5-9,11,15-16,22H,10,12-14H2,1-4H3,(H,25,26)(H2,24,27,28). The summed E-state index contributed by atoms with van der Waals surface area (Å²) in [5.74, 6) is 0.218. The molecule has 0 saturated carbocycles. The Bertz CT molecular complexity index is 978. The van der Waals surface area contributed by atoms with Crippen molar-refractivity contribution in [1.29, 1.82) is 0 Å². The van der Waals surface area contributed by atoms with Gasteiger partial charge < -0.3 is 5.32 Å². The normalized spacial score (nSPS) is 17.6. The van der Waals surface area contributed by atoms with Crippen molar-refractivity contribution in [3.05, 3.63) is 64.7 Å². The molecule has 29 heavy (non-hydrogen) atoms. The number of hydrogen-bond acceptors (Lipinski definition) is 2. The summed E-state index contributed by atoms with van der Waals surface area (Å²) in [6.07, 6.45) is 3.93. The lowest BCUT2D eigenvalue weighted by atomic mass is 10.1. The fourth-order valence-corrected chi connectivity index (χ4v) is 5.31. The van der Waals surface area contributed by atoms with Crippen LogP contribution in [0.4, 0.5) is 0 Å². The highest BCUT2D eigenvalue weighted by Gasteiger charge is 2.27. The first-order valence-corrected chi connectivity index (χ1v) is 12.5. The van der Waals surface area contributed by atoms with Gasteiger partial charge in [-0.2, -0.15) is 4.21 Å². The number of amides is 1. The van der Waals surface area contributed by atoms with E-state index in [-0.39, 0.29) is 16.8 Å². The molecule has 1 amide bonds. The quantitative estimate of drug-likeness (QED) is 0.631. The Morgan fingerprint density at radius 3 is 2.69 bits per heavy atom. The Morgan fingerprint density at radius 2 is 1.97 bits per heavy atom. The number of carbonyl (C=O) groups excluding carboxylic acids is 1. The van der Waals surface area contributed by atoms with Gasteiger partial charge >= 0.3 is 0 Å². The average Bonchev–Trinajstić information content (AvgIpc) is 3.04. The molecule has 2 aromatic carbocycles. The topological polar surface area (TPSA) is 78.4 Å². The maximum atomic E-state index is 13.3. The fourth-order valence-electron chi connectivity index (χ4n) is 3.76. The zero-order valence-corrected chi connectivity index (χ0v) is 18.5. The highest BCUT2D eigenvalue weighted by Crippen LogP contribution is 2.32. The zero-order chi connectivity index (χ0) is 21.3. The maximum Gasteiger partial charge on any atom is 0.252 e. The van der Waals surface area contributed by atoms with Gasteiger partial charge in [-0.05, 0) is 60.9 Å². The third-order valence-corrected chi connectivity index (χ3v) is 7.86. The predicted octanol–water partition coefficient (Wildman–Crippen LogP) is 4.24. The lowest BCUT2D eigenvalue weighted by Gasteiger charge is -2.40. The second kappa shape index (κ2) is 8.01. The number of nitrogens with one attached hydrogen (secondary N) is 2. The van der Waals surface area contributed by atoms with E-state index < -0.39 is 9.53 Å². The minimum Gasteiger partial charge on any atom is -0.345 e. The van der Waals surface area contributed by atoms with Gasteiger partial charge in [-0.1, -0.05) is 44.2 Å². The van der Waals surface area contributed by atoms with Crippen LogP contribution in [-0.4, -0.2) is 27.5 Å². The molecular weight excluding hydrogens is 384 g/mol. The Morgan fingerprint density at radius 1 is 1.24 bits per heavy atom. The second-order valence-electron chi connectivity index (χ2n) is 8.60. The predicted molar refractivity (Wildman–Crippen MR) is 119 cm³/mol. The van der Waals surface area contributed by atoms with Gasteiger partial charge in [0.1, 0.15) is 0 Å². The number of carbonyl (C=O) groups is 1. The number of aryl methyl sites for hydroxylation is 2. The van der Waals surface area contributed by atoms with Crippen LogP contribution in [-0.2, 0) is 16.0 Å². The minimum absolute atomic E-state index is 0.0257. The largest absolute Gasteiger partial charge is 0.345 e. The van der Waals surface area contributed by atoms with Gasteiger partial charge in [0.15, 0.2) is 0 Å². The van der Waals surface area contributed by atoms with Crippen LogP contribution in [0, 0.1) is 12.8 Å². The molecule has 1 atom stereocenters. The highest BCUT2D eigenvalue weighted by atomic mass is 32.3. The van der Waals surface area contributed by atoms with Crippen LogP contribution >= 0.6 is 0 Å². The summed E-state index contributed by atoms with van der Waals surface area (Å²) >= 11 is 0. The van der Waals surface area contributed by atoms with Gasteiger partial charge in [0, 0.05) is 18.4 Å². The van der Waals surface area contributed by atoms with Crippen LogP contribution in [0.2, 0.25) is 0 Å². The molecule has 0 aromatic heterocycles. The lowest BCUT2D eigenvalue weighted by Crippen LogP contribution is -2.47. The zero-order valence-electron chi connectivity index (χ0n) is 17.7. The van der Waals surface area contributed by atoms with Gasteiger partial charge in [-0.25, -0.2) is 4.72 Å². The van der Waals surface area contributed by atoms with Crippen LogP contribution in [0.3, 0.4) is 0 Å². The van der Waals surface area contributed by atoms with Crippen LogP contribution < -0.4 is 10.0 Å². The van der Waals surface area contributed by atoms with E-state index in [1.54, 1.807) is 18.2 Å². The number of fused-ring (bicyclic) bond motifs is 1. The minimum atomic E-state index is -4.23. The summed E-state index contributed by atoms with van der Waals surface area (Å²) < 4.78 is 27.0. The molecule has 0 fully saturated rings. The van der Waals surface area contributed by atoms with Gasteiger partial charge in [0.05, 0.1) is 10.9 Å². The van der Waals surface area contributed by atoms with E-state index in [1.165, 1.54) is 11.8 Å². The number of benzene rings is 2. The summed E-state index contributed by atoms with van der Waals surface area (Å²) in [6.45, 7) is 6.42. The van der Waals surface area contributed by atoms with Crippen LogP contribution in [0.5, 0.6) is 0 Å². The molecule has 0 radical (unpaired) electrons. The fraction of sp³-hybridized carbons (Fsp3) is 0.435. The molecule has 0 spiro atoms. The van der Waals surface area contributed by atoms with E-state index in [1.807, 2.05) is 19.1 Å². The third kappa shape index (κ3) is 4.94. The van der Waals surface area contributed by atoms with Gasteiger partial charge in [-0.3, -0.25) is 9.35 Å². The van der Waals surface area contributed by atoms with E-state index in [0.29, 0.717) is 18.0 Å². The monoisotopic (exact) mass is 416 g/mol. The molecule has 3 rings (SSSR count). The van der Waals surface area contributed by atoms with Crippen molar-refractivity contribution in [2.45, 2.75) is 51.0 Å². The van der Waals surface area contributed by atoms with Gasteiger partial charge in [0.2, 0.25) is 0 Å². The summed E-state index contributed by atoms with van der Waals surface area (Å²) in [5, 5.41) is 3.11. The van der Waals surface area contributed by atoms with E-state index in [2.05, 4.69) is 36.0 Å². The molecule has 0 heterocycles. The summed E-state index contributed by atoms with van der Waals surface area (Å²) in [5.41, 5.74) is 3.64. The van der Waals surface area contributed by atoms with Crippen molar-refractivity contribution in [2.75, 3.05) is 12.8 Å². The first kappa shape index (κ1) is 21.7. The van der Waals surface area contributed by atoms with Crippen molar-refractivity contribution < 1.29 is 13.6 Å². The molecule has 5 nitrogen and oxygen atoms in total. The molecular formula is C23H32N2O3S. The molecule has 1 aliphatic carbocycles. The summed E-state index contributed by atoms with van der Waals surface area (Å²) in [4.78, 5) is 13.3. The van der Waals surface area contributed by atoms with E-state index >= 15 is 0 Å². The van der Waals surface area contributed by atoms with E-state index in [9.17, 15) is 13.6 Å². The van der Waals surface area contributed by atoms with Crippen molar-refractivity contribution in [1.82, 2.24) is 10.0 Å². The van der Waals surface area contributed by atoms with Crippen molar-refractivity contribution in [3.8, 4) is 0 Å². The Balaban J connectivity index is 1.82. The van der Waals surface area contributed by atoms with Gasteiger partial charge in [-0.15, -0.1) is 9.53 Å². The first-order valence-electron chi connectivity index (χ1n) is 10.2. The lowest BCUT2D eigenvalue weighted by molar-refractivity contribution is 0.0936. The summed E-state index contributed by atoms with van der Waals surface area (Å²) in [7, 11) is -4.23. The molecule has 0 bridgehead atoms. The van der Waals surface area contributed by atoms with Crippen molar-refractivity contribution in [3.63, 3.8) is 0 Å². The smallest absolute Gasteiger partial charge is 0.252 e. The Kier molecular flexibility index (Phi) is 5.99. The second-order valence-corrected chi connectivity index (χ2v) is 11.9. The van der Waals surface area contributed by atoms with Crippen LogP contribution in [0.25, 0.3) is 0 Å². The maximum absolute atomic E-state index is 13.3. The number of hydrogen-bond donors (Lipinski definition) is 3. The molecule has 2 aromatic rings. The highest BCUT2D eigenvalue weighted by molar-refractivity contribution is 8.12. The SMILES string of the molecule is Cc1ccc(S(C)(=O)(O)NCCC(C)C)cc1C(=O)NC1CCc2ccccc21.